The Kier molecular flexibility index (Phi) is 4.66. The predicted octanol–water partition coefficient (Wildman–Crippen LogP) is 3.23. The van der Waals surface area contributed by atoms with Crippen molar-refractivity contribution in [3.63, 3.8) is 0 Å². The van der Waals surface area contributed by atoms with E-state index in [0.29, 0.717) is 5.82 Å². The molecule has 0 radical (unpaired) electrons. The topological polar surface area (TPSA) is 68.5 Å². The van der Waals surface area contributed by atoms with Gasteiger partial charge in [0.25, 0.3) is 0 Å². The number of anilines is 1. The van der Waals surface area contributed by atoms with Crippen molar-refractivity contribution in [2.24, 2.45) is 0 Å². The van der Waals surface area contributed by atoms with E-state index < -0.39 is 0 Å². The lowest BCUT2D eigenvalue weighted by molar-refractivity contribution is 0.704. The van der Waals surface area contributed by atoms with Gasteiger partial charge in [0.1, 0.15) is 5.82 Å². The number of halogens is 1. The van der Waals surface area contributed by atoms with E-state index in [0.717, 1.165) is 34.6 Å². The molecule has 0 spiro atoms. The van der Waals surface area contributed by atoms with Crippen molar-refractivity contribution in [2.75, 3.05) is 11.9 Å². The lowest BCUT2D eigenvalue weighted by Crippen LogP contribution is -2.12. The molecule has 0 saturated heterocycles. The zero-order valence-corrected chi connectivity index (χ0v) is 14.6. The van der Waals surface area contributed by atoms with Crippen molar-refractivity contribution in [1.29, 1.82) is 0 Å². The summed E-state index contributed by atoms with van der Waals surface area (Å²) in [5, 5.41) is 3.32. The third-order valence-corrected chi connectivity index (χ3v) is 4.06. The average Bonchev–Trinajstić information content (AvgIpc) is 2.87. The van der Waals surface area contributed by atoms with Gasteiger partial charge in [-0.2, -0.15) is 0 Å². The van der Waals surface area contributed by atoms with Crippen molar-refractivity contribution < 1.29 is 0 Å². The number of hydrogen-bond donors (Lipinski definition) is 1. The van der Waals surface area contributed by atoms with E-state index in [1.807, 2.05) is 25.4 Å². The molecule has 3 rings (SSSR count). The van der Waals surface area contributed by atoms with Crippen LogP contribution < -0.4 is 5.32 Å². The number of rotatable bonds is 5. The zero-order chi connectivity index (χ0) is 16.2. The number of aryl methyl sites for hydroxylation is 1. The van der Waals surface area contributed by atoms with Gasteiger partial charge < -0.3 is 9.88 Å². The predicted molar refractivity (Wildman–Crippen MR) is 93.2 cm³/mol. The van der Waals surface area contributed by atoms with Crippen LogP contribution in [0.1, 0.15) is 11.4 Å². The van der Waals surface area contributed by atoms with Crippen LogP contribution in [-0.4, -0.2) is 31.0 Å². The second-order valence-corrected chi connectivity index (χ2v) is 6.11. The van der Waals surface area contributed by atoms with E-state index in [1.54, 1.807) is 18.6 Å². The molecule has 0 saturated carbocycles. The molecule has 3 aromatic rings. The van der Waals surface area contributed by atoms with Crippen LogP contribution in [0, 0.1) is 13.8 Å². The van der Waals surface area contributed by atoms with Crippen molar-refractivity contribution in [1.82, 2.24) is 24.5 Å². The summed E-state index contributed by atoms with van der Waals surface area (Å²) in [6, 6.07) is 3.81. The fourth-order valence-corrected chi connectivity index (χ4v) is 2.57. The Labute approximate surface area is 143 Å². The van der Waals surface area contributed by atoms with Gasteiger partial charge in [-0.15, -0.1) is 0 Å². The molecule has 1 N–H and O–H groups in total. The van der Waals surface area contributed by atoms with E-state index in [9.17, 15) is 0 Å². The first-order valence-electron chi connectivity index (χ1n) is 7.29. The van der Waals surface area contributed by atoms with Crippen molar-refractivity contribution in [3.05, 3.63) is 52.9 Å². The molecule has 118 valence electrons. The van der Waals surface area contributed by atoms with Crippen LogP contribution in [0.15, 0.2) is 41.5 Å². The number of aromatic nitrogens is 5. The zero-order valence-electron chi connectivity index (χ0n) is 13.0. The normalized spacial score (nSPS) is 10.7. The van der Waals surface area contributed by atoms with E-state index >= 15 is 0 Å². The van der Waals surface area contributed by atoms with Gasteiger partial charge in [-0.25, -0.2) is 15.0 Å². The molecular weight excluding hydrogens is 356 g/mol. The lowest BCUT2D eigenvalue weighted by atomic mass is 10.3. The third-order valence-electron chi connectivity index (χ3n) is 3.62. The van der Waals surface area contributed by atoms with Gasteiger partial charge in [0.15, 0.2) is 5.82 Å². The van der Waals surface area contributed by atoms with Crippen LogP contribution >= 0.6 is 15.9 Å². The molecule has 0 atom stereocenters. The summed E-state index contributed by atoms with van der Waals surface area (Å²) in [6.45, 7) is 5.70. The van der Waals surface area contributed by atoms with Crippen molar-refractivity contribution in [2.45, 2.75) is 20.4 Å². The van der Waals surface area contributed by atoms with Crippen LogP contribution in [0.25, 0.3) is 11.4 Å². The molecule has 6 nitrogen and oxygen atoms in total. The van der Waals surface area contributed by atoms with E-state index in [4.69, 9.17) is 0 Å². The summed E-state index contributed by atoms with van der Waals surface area (Å²) < 4.78 is 3.03. The summed E-state index contributed by atoms with van der Waals surface area (Å²) in [5.74, 6) is 1.45. The summed E-state index contributed by atoms with van der Waals surface area (Å²) in [6.07, 6.45) is 7.10. The molecule has 3 heterocycles. The minimum atomic E-state index is 0.651. The van der Waals surface area contributed by atoms with Crippen LogP contribution in [0.5, 0.6) is 0 Å². The maximum atomic E-state index is 4.53. The molecule has 0 amide bonds. The molecule has 7 heteroatoms. The minimum Gasteiger partial charge on any atom is -0.368 e. The van der Waals surface area contributed by atoms with E-state index in [2.05, 4.69) is 52.7 Å². The second-order valence-electron chi connectivity index (χ2n) is 5.19. The van der Waals surface area contributed by atoms with Gasteiger partial charge in [0.2, 0.25) is 0 Å². The highest BCUT2D eigenvalue weighted by molar-refractivity contribution is 9.10. The first kappa shape index (κ1) is 15.6. The standard InChI is InChI=1S/C16H17BrN6/c1-11-12(2)23(10-21-11)6-5-19-15-3-4-20-16(22-15)13-7-14(17)9-18-8-13/h3-4,7-10H,5-6H2,1-2H3,(H,19,20,22). The fraction of sp³-hybridized carbons (Fsp3) is 0.250. The quantitative estimate of drug-likeness (QED) is 0.744. The number of hydrogen-bond acceptors (Lipinski definition) is 5. The smallest absolute Gasteiger partial charge is 0.163 e. The lowest BCUT2D eigenvalue weighted by Gasteiger charge is -2.09. The van der Waals surface area contributed by atoms with E-state index in [-0.39, 0.29) is 0 Å². The molecule has 0 unspecified atom stereocenters. The molecule has 0 aliphatic heterocycles. The molecule has 0 bridgehead atoms. The summed E-state index contributed by atoms with van der Waals surface area (Å²) >= 11 is 3.41. The Hall–Kier alpha value is -2.28. The van der Waals surface area contributed by atoms with Crippen LogP contribution in [0.2, 0.25) is 0 Å². The summed E-state index contributed by atoms with van der Waals surface area (Å²) in [5.41, 5.74) is 3.14. The van der Waals surface area contributed by atoms with Crippen molar-refractivity contribution in [3.8, 4) is 11.4 Å². The minimum absolute atomic E-state index is 0.651. The number of nitrogens with one attached hydrogen (secondary N) is 1. The molecule has 23 heavy (non-hydrogen) atoms. The Morgan fingerprint density at radius 1 is 1.22 bits per heavy atom. The first-order valence-corrected chi connectivity index (χ1v) is 8.09. The summed E-state index contributed by atoms with van der Waals surface area (Å²) in [4.78, 5) is 17.3. The van der Waals surface area contributed by atoms with Gasteiger partial charge in [-0.3, -0.25) is 4.98 Å². The van der Waals surface area contributed by atoms with Crippen LogP contribution in [-0.2, 0) is 6.54 Å². The van der Waals surface area contributed by atoms with Gasteiger partial charge in [-0.1, -0.05) is 0 Å². The van der Waals surface area contributed by atoms with Crippen LogP contribution in [0.4, 0.5) is 5.82 Å². The Morgan fingerprint density at radius 3 is 2.83 bits per heavy atom. The average molecular weight is 373 g/mol. The summed E-state index contributed by atoms with van der Waals surface area (Å²) in [7, 11) is 0. The fourth-order valence-electron chi connectivity index (χ4n) is 2.20. The highest BCUT2D eigenvalue weighted by Crippen LogP contribution is 2.19. The Morgan fingerprint density at radius 2 is 2.09 bits per heavy atom. The maximum Gasteiger partial charge on any atom is 0.163 e. The molecule has 0 fully saturated rings. The molecular formula is C16H17BrN6. The number of imidazole rings is 1. The van der Waals surface area contributed by atoms with Crippen LogP contribution in [0.3, 0.4) is 0 Å². The monoisotopic (exact) mass is 372 g/mol. The van der Waals surface area contributed by atoms with Gasteiger partial charge in [-0.05, 0) is 41.9 Å². The number of nitrogens with zero attached hydrogens (tertiary/aromatic N) is 5. The molecule has 0 aliphatic rings. The highest BCUT2D eigenvalue weighted by atomic mass is 79.9. The Balaban J connectivity index is 1.67. The molecule has 0 aliphatic carbocycles. The largest absolute Gasteiger partial charge is 0.368 e. The van der Waals surface area contributed by atoms with Crippen molar-refractivity contribution >= 4 is 21.7 Å². The van der Waals surface area contributed by atoms with Gasteiger partial charge in [0, 0.05) is 47.4 Å². The maximum absolute atomic E-state index is 4.53. The molecule has 0 aromatic carbocycles. The highest BCUT2D eigenvalue weighted by Gasteiger charge is 2.05. The van der Waals surface area contributed by atoms with Gasteiger partial charge >= 0.3 is 0 Å². The SMILES string of the molecule is Cc1ncn(CCNc2ccnc(-c3cncc(Br)c3)n2)c1C. The second kappa shape index (κ2) is 6.87. The molecule has 3 aromatic heterocycles. The first-order chi connectivity index (χ1) is 11.1. The van der Waals surface area contributed by atoms with Gasteiger partial charge in [0.05, 0.1) is 12.0 Å². The van der Waals surface area contributed by atoms with E-state index in [1.165, 1.54) is 5.69 Å². The number of pyridine rings is 1. The third kappa shape index (κ3) is 3.73. The Bertz CT molecular complexity index is 814.